The van der Waals surface area contributed by atoms with Gasteiger partial charge in [0.2, 0.25) is 5.91 Å². The summed E-state index contributed by atoms with van der Waals surface area (Å²) in [5.41, 5.74) is 0.0645. The van der Waals surface area contributed by atoms with Gasteiger partial charge in [-0.25, -0.2) is 9.59 Å². The number of nitrogens with zero attached hydrogens (tertiary/aromatic N) is 3. The van der Waals surface area contributed by atoms with E-state index in [-0.39, 0.29) is 11.9 Å². The van der Waals surface area contributed by atoms with E-state index < -0.39 is 17.7 Å². The number of amides is 4. The van der Waals surface area contributed by atoms with Gasteiger partial charge in [-0.2, -0.15) is 0 Å². The Balaban J connectivity index is 1.59. The van der Waals surface area contributed by atoms with Crippen molar-refractivity contribution >= 4 is 35.3 Å². The maximum absolute atomic E-state index is 13.3. The number of halogens is 1. The molecule has 2 heterocycles. The summed E-state index contributed by atoms with van der Waals surface area (Å²) in [4.78, 5) is 43.7. The van der Waals surface area contributed by atoms with Crippen LogP contribution in [-0.2, 0) is 9.53 Å². The average molecular weight is 465 g/mol. The third-order valence-corrected chi connectivity index (χ3v) is 5.86. The molecule has 0 saturated carbocycles. The second-order valence-electron chi connectivity index (χ2n) is 9.29. The van der Waals surface area contributed by atoms with Gasteiger partial charge >= 0.3 is 12.1 Å². The van der Waals surface area contributed by atoms with E-state index in [1.54, 1.807) is 39.0 Å². The third kappa shape index (κ3) is 6.51. The number of hydrogen-bond acceptors (Lipinski definition) is 4. The van der Waals surface area contributed by atoms with Gasteiger partial charge in [0.15, 0.2) is 0 Å². The van der Waals surface area contributed by atoms with Gasteiger partial charge in [0, 0.05) is 43.4 Å². The van der Waals surface area contributed by atoms with Crippen LogP contribution in [0, 0.1) is 0 Å². The molecule has 1 unspecified atom stereocenters. The number of ether oxygens (including phenoxy) is 1. The minimum Gasteiger partial charge on any atom is -0.444 e. The molecular formula is C23H33ClN4O4. The molecule has 2 aliphatic rings. The van der Waals surface area contributed by atoms with Crippen LogP contribution >= 0.6 is 11.6 Å². The van der Waals surface area contributed by atoms with E-state index in [0.29, 0.717) is 56.3 Å². The highest BCUT2D eigenvalue weighted by Gasteiger charge is 2.37. The number of likely N-dealkylation sites (tertiary alicyclic amines) is 1. The summed E-state index contributed by atoms with van der Waals surface area (Å²) in [6.07, 6.45) is 2.64. The number of urea groups is 1. The number of nitrogens with one attached hydrogen (secondary N) is 1. The second kappa shape index (κ2) is 10.4. The van der Waals surface area contributed by atoms with Gasteiger partial charge in [0.1, 0.15) is 11.6 Å². The number of anilines is 1. The zero-order valence-corrected chi connectivity index (χ0v) is 19.9. The normalized spacial score (nSPS) is 19.9. The van der Waals surface area contributed by atoms with Crippen molar-refractivity contribution in [1.29, 1.82) is 0 Å². The molecule has 0 bridgehead atoms. The minimum atomic E-state index is -0.608. The van der Waals surface area contributed by atoms with Gasteiger partial charge in [0.25, 0.3) is 0 Å². The molecule has 176 valence electrons. The van der Waals surface area contributed by atoms with E-state index in [2.05, 4.69) is 5.32 Å². The molecule has 1 aromatic carbocycles. The zero-order valence-electron chi connectivity index (χ0n) is 19.1. The first-order valence-corrected chi connectivity index (χ1v) is 11.6. The molecule has 0 aliphatic carbocycles. The minimum absolute atomic E-state index is 0.0597. The van der Waals surface area contributed by atoms with Gasteiger partial charge in [-0.15, -0.1) is 0 Å². The summed E-state index contributed by atoms with van der Waals surface area (Å²) in [7, 11) is 0. The van der Waals surface area contributed by atoms with Crippen molar-refractivity contribution in [3.8, 4) is 0 Å². The first-order valence-electron chi connectivity index (χ1n) is 11.2. The Morgan fingerprint density at radius 3 is 2.28 bits per heavy atom. The van der Waals surface area contributed by atoms with Gasteiger partial charge in [-0.05, 0) is 70.7 Å². The van der Waals surface area contributed by atoms with Crippen molar-refractivity contribution in [2.45, 2.75) is 58.1 Å². The topological polar surface area (TPSA) is 82.2 Å². The van der Waals surface area contributed by atoms with Crippen molar-refractivity contribution < 1.29 is 19.1 Å². The Labute approximate surface area is 194 Å². The molecule has 2 saturated heterocycles. The van der Waals surface area contributed by atoms with Crippen LogP contribution in [0.15, 0.2) is 24.3 Å². The fraction of sp³-hybridized carbons (Fsp3) is 0.609. The summed E-state index contributed by atoms with van der Waals surface area (Å²) >= 11 is 5.90. The van der Waals surface area contributed by atoms with Gasteiger partial charge in [-0.3, -0.25) is 9.69 Å². The Morgan fingerprint density at radius 2 is 1.59 bits per heavy atom. The largest absolute Gasteiger partial charge is 0.444 e. The van der Waals surface area contributed by atoms with Crippen LogP contribution in [-0.4, -0.2) is 77.1 Å². The molecule has 3 rings (SSSR count). The summed E-state index contributed by atoms with van der Waals surface area (Å²) in [6, 6.07) is 6.24. The summed E-state index contributed by atoms with van der Waals surface area (Å²) < 4.78 is 5.53. The molecule has 1 aromatic rings. The first kappa shape index (κ1) is 24.2. The molecule has 32 heavy (non-hydrogen) atoms. The third-order valence-electron chi connectivity index (χ3n) is 5.61. The zero-order chi connectivity index (χ0) is 23.3. The Kier molecular flexibility index (Phi) is 7.87. The Morgan fingerprint density at radius 1 is 0.938 bits per heavy atom. The van der Waals surface area contributed by atoms with Crippen molar-refractivity contribution in [2.24, 2.45) is 0 Å². The molecule has 4 amide bonds. The second-order valence-corrected chi connectivity index (χ2v) is 9.72. The maximum atomic E-state index is 13.3. The lowest BCUT2D eigenvalue weighted by Crippen LogP contribution is -2.54. The summed E-state index contributed by atoms with van der Waals surface area (Å²) in [5.74, 6) is -0.0597. The van der Waals surface area contributed by atoms with E-state index in [0.717, 1.165) is 12.8 Å². The molecular weight excluding hydrogens is 432 g/mol. The van der Waals surface area contributed by atoms with E-state index in [1.807, 2.05) is 20.8 Å². The highest BCUT2D eigenvalue weighted by Crippen LogP contribution is 2.23. The number of piperidine rings is 1. The van der Waals surface area contributed by atoms with Gasteiger partial charge in [0.05, 0.1) is 0 Å². The number of carbonyl (C=O) groups is 3. The Hall–Kier alpha value is -2.48. The lowest BCUT2D eigenvalue weighted by Gasteiger charge is -2.38. The van der Waals surface area contributed by atoms with Crippen LogP contribution in [0.3, 0.4) is 0 Å². The van der Waals surface area contributed by atoms with Crippen LogP contribution in [0.2, 0.25) is 5.02 Å². The first-order chi connectivity index (χ1) is 15.1. The van der Waals surface area contributed by atoms with Crippen LogP contribution in [0.4, 0.5) is 15.3 Å². The van der Waals surface area contributed by atoms with Crippen LogP contribution in [0.5, 0.6) is 0 Å². The van der Waals surface area contributed by atoms with Crippen LogP contribution in [0.1, 0.15) is 46.5 Å². The standard InChI is InChI=1S/C23H33ClN4O4/c1-23(2,3)32-22(31)28-14-5-4-7-19(28)20(29)26-12-6-13-27(16-15-26)21(30)25-18-10-8-17(24)9-11-18/h8-11,19H,4-7,12-16H2,1-3H3,(H,25,30). The van der Waals surface area contributed by atoms with Crippen molar-refractivity contribution in [1.82, 2.24) is 14.7 Å². The van der Waals surface area contributed by atoms with E-state index in [4.69, 9.17) is 16.3 Å². The van der Waals surface area contributed by atoms with E-state index in [1.165, 1.54) is 0 Å². The van der Waals surface area contributed by atoms with Crippen molar-refractivity contribution in [3.05, 3.63) is 29.3 Å². The highest BCUT2D eigenvalue weighted by atomic mass is 35.5. The molecule has 2 aliphatic heterocycles. The van der Waals surface area contributed by atoms with E-state index in [9.17, 15) is 14.4 Å². The molecule has 9 heteroatoms. The number of carbonyl (C=O) groups excluding carboxylic acids is 3. The highest BCUT2D eigenvalue weighted by molar-refractivity contribution is 6.30. The van der Waals surface area contributed by atoms with Crippen molar-refractivity contribution in [2.75, 3.05) is 38.0 Å². The fourth-order valence-electron chi connectivity index (χ4n) is 4.01. The van der Waals surface area contributed by atoms with Crippen LogP contribution in [0.25, 0.3) is 0 Å². The van der Waals surface area contributed by atoms with E-state index >= 15 is 0 Å². The Bertz CT molecular complexity index is 824. The predicted molar refractivity (Wildman–Crippen MR) is 124 cm³/mol. The monoisotopic (exact) mass is 464 g/mol. The maximum Gasteiger partial charge on any atom is 0.410 e. The molecule has 0 aromatic heterocycles. The lowest BCUT2D eigenvalue weighted by atomic mass is 10.0. The average Bonchev–Trinajstić information content (AvgIpc) is 3.00. The summed E-state index contributed by atoms with van der Waals surface area (Å²) in [5, 5.41) is 3.48. The number of benzene rings is 1. The number of hydrogen-bond donors (Lipinski definition) is 1. The fourth-order valence-corrected chi connectivity index (χ4v) is 4.14. The SMILES string of the molecule is CC(C)(C)OC(=O)N1CCCCC1C(=O)N1CCCN(C(=O)Nc2ccc(Cl)cc2)CC1. The molecule has 1 N–H and O–H groups in total. The quantitative estimate of drug-likeness (QED) is 0.711. The van der Waals surface area contributed by atoms with Gasteiger partial charge in [-0.1, -0.05) is 11.6 Å². The molecule has 0 spiro atoms. The van der Waals surface area contributed by atoms with Crippen LogP contribution < -0.4 is 5.32 Å². The molecule has 8 nitrogen and oxygen atoms in total. The summed E-state index contributed by atoms with van der Waals surface area (Å²) in [6.45, 7) is 7.98. The molecule has 2 fully saturated rings. The molecule has 0 radical (unpaired) electrons. The van der Waals surface area contributed by atoms with Gasteiger partial charge < -0.3 is 19.9 Å². The molecule has 1 atom stereocenters. The van der Waals surface area contributed by atoms with Crippen molar-refractivity contribution in [3.63, 3.8) is 0 Å². The number of rotatable bonds is 2. The predicted octanol–water partition coefficient (Wildman–Crippen LogP) is 4.20. The lowest BCUT2D eigenvalue weighted by molar-refractivity contribution is -0.138. The smallest absolute Gasteiger partial charge is 0.410 e.